The minimum atomic E-state index is -0.204. The minimum Gasteiger partial charge on any atom is -0.496 e. The average Bonchev–Trinajstić information content (AvgIpc) is 2.81. The summed E-state index contributed by atoms with van der Waals surface area (Å²) < 4.78 is 5.56. The van der Waals surface area contributed by atoms with E-state index in [1.807, 2.05) is 55.5 Å². The second-order valence-electron chi connectivity index (χ2n) is 8.83. The highest BCUT2D eigenvalue weighted by Gasteiger charge is 2.25. The van der Waals surface area contributed by atoms with Gasteiger partial charge in [-0.15, -0.1) is 0 Å². The third-order valence-corrected chi connectivity index (χ3v) is 5.92. The normalized spacial score (nSPS) is 15.1. The van der Waals surface area contributed by atoms with E-state index in [2.05, 4.69) is 54.8 Å². The number of fused-ring (bicyclic) bond motifs is 1. The fourth-order valence-electron chi connectivity index (χ4n) is 4.24. The maximum Gasteiger partial charge on any atom is 0.227 e. The quantitative estimate of drug-likeness (QED) is 0.518. The van der Waals surface area contributed by atoms with Crippen LogP contribution in [0.25, 0.3) is 16.7 Å². The lowest BCUT2D eigenvalue weighted by molar-refractivity contribution is -0.121. The van der Waals surface area contributed by atoms with Crippen molar-refractivity contribution in [1.29, 1.82) is 0 Å². The molecule has 0 bridgehead atoms. The Morgan fingerprint density at radius 3 is 2.47 bits per heavy atom. The second kappa shape index (κ2) is 8.91. The largest absolute Gasteiger partial charge is 0.496 e. The molecule has 1 aliphatic rings. The van der Waals surface area contributed by atoms with Crippen molar-refractivity contribution < 1.29 is 9.53 Å². The number of rotatable bonds is 6. The summed E-state index contributed by atoms with van der Waals surface area (Å²) in [5.74, 6) is 0.661. The van der Waals surface area contributed by atoms with Crippen molar-refractivity contribution in [1.82, 2.24) is 5.32 Å². The molecule has 1 aliphatic heterocycles. The molecule has 2 N–H and O–H groups in total. The van der Waals surface area contributed by atoms with Crippen molar-refractivity contribution in [3.8, 4) is 16.9 Å². The summed E-state index contributed by atoms with van der Waals surface area (Å²) in [6.07, 6.45) is 2.20. The smallest absolute Gasteiger partial charge is 0.227 e. The van der Waals surface area contributed by atoms with Crippen LogP contribution in [0.5, 0.6) is 5.75 Å². The maximum atomic E-state index is 12.9. The van der Waals surface area contributed by atoms with E-state index in [1.165, 1.54) is 0 Å². The first-order valence-corrected chi connectivity index (χ1v) is 11.0. The SMILES string of the molecule is COc1ccccc1-c1ccc2c(c1)C(CNC(=O)C(C)c1ccccc1)=CC(C)(C)N2. The predicted octanol–water partition coefficient (Wildman–Crippen LogP) is 5.87. The molecule has 3 aromatic rings. The predicted molar refractivity (Wildman–Crippen MR) is 132 cm³/mol. The molecule has 0 saturated carbocycles. The molecule has 3 aromatic carbocycles. The summed E-state index contributed by atoms with van der Waals surface area (Å²) in [7, 11) is 1.69. The van der Waals surface area contributed by atoms with Gasteiger partial charge in [-0.25, -0.2) is 0 Å². The summed E-state index contributed by atoms with van der Waals surface area (Å²) in [5.41, 5.74) is 6.21. The lowest BCUT2D eigenvalue weighted by Gasteiger charge is -2.33. The van der Waals surface area contributed by atoms with Crippen molar-refractivity contribution in [2.75, 3.05) is 19.0 Å². The number of carbonyl (C=O) groups is 1. The van der Waals surface area contributed by atoms with E-state index < -0.39 is 0 Å². The Morgan fingerprint density at radius 1 is 1.00 bits per heavy atom. The number of methoxy groups -OCH3 is 1. The van der Waals surface area contributed by atoms with Crippen LogP contribution in [0, 0.1) is 0 Å². The van der Waals surface area contributed by atoms with Crippen LogP contribution < -0.4 is 15.4 Å². The van der Waals surface area contributed by atoms with Gasteiger partial charge in [0.25, 0.3) is 0 Å². The molecule has 4 heteroatoms. The van der Waals surface area contributed by atoms with E-state index in [-0.39, 0.29) is 17.4 Å². The Kier molecular flexibility index (Phi) is 6.04. The van der Waals surface area contributed by atoms with Crippen molar-refractivity contribution in [2.24, 2.45) is 0 Å². The molecule has 4 rings (SSSR count). The molecule has 0 spiro atoms. The summed E-state index contributed by atoms with van der Waals surface area (Å²) >= 11 is 0. The monoisotopic (exact) mass is 426 g/mol. The van der Waals surface area contributed by atoms with Crippen LogP contribution in [0.3, 0.4) is 0 Å². The van der Waals surface area contributed by atoms with E-state index >= 15 is 0 Å². The van der Waals surface area contributed by atoms with Gasteiger partial charge >= 0.3 is 0 Å². The lowest BCUT2D eigenvalue weighted by atomic mass is 9.88. The van der Waals surface area contributed by atoms with Gasteiger partial charge in [0, 0.05) is 23.4 Å². The van der Waals surface area contributed by atoms with Gasteiger partial charge < -0.3 is 15.4 Å². The van der Waals surface area contributed by atoms with Gasteiger partial charge in [-0.05, 0) is 55.7 Å². The Hall–Kier alpha value is -3.53. The van der Waals surface area contributed by atoms with Crippen LogP contribution in [-0.4, -0.2) is 25.1 Å². The van der Waals surface area contributed by atoms with Crippen molar-refractivity contribution in [2.45, 2.75) is 32.2 Å². The third-order valence-electron chi connectivity index (χ3n) is 5.92. The third kappa shape index (κ3) is 4.54. The van der Waals surface area contributed by atoms with Crippen LogP contribution in [0.2, 0.25) is 0 Å². The van der Waals surface area contributed by atoms with Crippen molar-refractivity contribution in [3.05, 3.63) is 90.0 Å². The summed E-state index contributed by atoms with van der Waals surface area (Å²) in [6, 6.07) is 24.3. The number of hydrogen-bond acceptors (Lipinski definition) is 3. The Balaban J connectivity index is 1.61. The molecule has 32 heavy (non-hydrogen) atoms. The first kappa shape index (κ1) is 21.7. The highest BCUT2D eigenvalue weighted by molar-refractivity contribution is 5.89. The van der Waals surface area contributed by atoms with Crippen LogP contribution in [0.4, 0.5) is 5.69 Å². The number of hydrogen-bond donors (Lipinski definition) is 2. The molecule has 164 valence electrons. The Labute approximate surface area is 190 Å². The fourth-order valence-corrected chi connectivity index (χ4v) is 4.24. The van der Waals surface area contributed by atoms with E-state index in [4.69, 9.17) is 4.74 Å². The van der Waals surface area contributed by atoms with Crippen LogP contribution in [0.1, 0.15) is 37.8 Å². The van der Waals surface area contributed by atoms with Crippen LogP contribution >= 0.6 is 0 Å². The Bertz CT molecular complexity index is 1150. The summed E-state index contributed by atoms with van der Waals surface area (Å²) in [5, 5.41) is 6.74. The number of anilines is 1. The van der Waals surface area contributed by atoms with Gasteiger partial charge in [0.05, 0.1) is 18.6 Å². The molecule has 0 radical (unpaired) electrons. The first-order valence-electron chi connectivity index (χ1n) is 11.0. The molecule has 0 saturated heterocycles. The Morgan fingerprint density at radius 2 is 1.72 bits per heavy atom. The molecule has 4 nitrogen and oxygen atoms in total. The van der Waals surface area contributed by atoms with Crippen molar-refractivity contribution >= 4 is 17.2 Å². The zero-order valence-corrected chi connectivity index (χ0v) is 19.1. The molecule has 1 unspecified atom stereocenters. The van der Waals surface area contributed by atoms with Crippen LogP contribution in [0.15, 0.2) is 78.9 Å². The number of para-hydroxylation sites is 1. The molecule has 1 heterocycles. The van der Waals surface area contributed by atoms with E-state index in [0.29, 0.717) is 6.54 Å². The fraction of sp³-hybridized carbons (Fsp3) is 0.250. The first-order chi connectivity index (χ1) is 15.4. The van der Waals surface area contributed by atoms with E-state index in [0.717, 1.165) is 39.3 Å². The number of benzene rings is 3. The number of nitrogens with one attached hydrogen (secondary N) is 2. The summed E-state index contributed by atoms with van der Waals surface area (Å²) in [6.45, 7) is 6.69. The van der Waals surface area contributed by atoms with Gasteiger partial charge in [0.1, 0.15) is 5.75 Å². The van der Waals surface area contributed by atoms with Gasteiger partial charge in [-0.2, -0.15) is 0 Å². The van der Waals surface area contributed by atoms with Crippen LogP contribution in [-0.2, 0) is 4.79 Å². The minimum absolute atomic E-state index is 0.0240. The molecule has 1 amide bonds. The summed E-state index contributed by atoms with van der Waals surface area (Å²) in [4.78, 5) is 12.9. The lowest BCUT2D eigenvalue weighted by Crippen LogP contribution is -2.35. The highest BCUT2D eigenvalue weighted by atomic mass is 16.5. The molecular formula is C28H30N2O2. The maximum absolute atomic E-state index is 12.9. The number of ether oxygens (including phenoxy) is 1. The zero-order valence-electron chi connectivity index (χ0n) is 19.1. The standard InChI is InChI=1S/C28H30N2O2/c1-19(20-10-6-5-7-11-20)27(31)29-18-22-17-28(2,3)30-25-15-14-21(16-24(22)25)23-12-8-9-13-26(23)32-4/h5-17,19,30H,18H2,1-4H3,(H,29,31). The van der Waals surface area contributed by atoms with Gasteiger partial charge in [0.15, 0.2) is 0 Å². The van der Waals surface area contributed by atoms with E-state index in [9.17, 15) is 4.79 Å². The molecule has 0 fully saturated rings. The van der Waals surface area contributed by atoms with Crippen molar-refractivity contribution in [3.63, 3.8) is 0 Å². The highest BCUT2D eigenvalue weighted by Crippen LogP contribution is 2.38. The van der Waals surface area contributed by atoms with Gasteiger partial charge in [-0.1, -0.05) is 60.7 Å². The second-order valence-corrected chi connectivity index (χ2v) is 8.83. The van der Waals surface area contributed by atoms with Gasteiger partial charge in [-0.3, -0.25) is 4.79 Å². The number of carbonyl (C=O) groups excluding carboxylic acids is 1. The number of amides is 1. The topological polar surface area (TPSA) is 50.4 Å². The average molecular weight is 427 g/mol. The van der Waals surface area contributed by atoms with E-state index in [1.54, 1.807) is 7.11 Å². The molecular weight excluding hydrogens is 396 g/mol. The zero-order chi connectivity index (χ0) is 22.7. The van der Waals surface area contributed by atoms with Gasteiger partial charge in [0.2, 0.25) is 5.91 Å². The molecule has 0 aliphatic carbocycles. The molecule has 1 atom stereocenters. The molecule has 0 aromatic heterocycles.